The van der Waals surface area contributed by atoms with Crippen LogP contribution in [0, 0.1) is 0 Å². The van der Waals surface area contributed by atoms with E-state index in [1.54, 1.807) is 20.5 Å². The predicted molar refractivity (Wildman–Crippen MR) is 129 cm³/mol. The lowest BCUT2D eigenvalue weighted by Crippen LogP contribution is -2.49. The van der Waals surface area contributed by atoms with E-state index in [-0.39, 0.29) is 6.04 Å². The van der Waals surface area contributed by atoms with Crippen molar-refractivity contribution in [2.75, 3.05) is 59.4 Å². The fourth-order valence-corrected chi connectivity index (χ4v) is 3.94. The van der Waals surface area contributed by atoms with E-state index in [0.717, 1.165) is 61.4 Å². The van der Waals surface area contributed by atoms with Gasteiger partial charge in [-0.05, 0) is 46.0 Å². The van der Waals surface area contributed by atoms with Crippen LogP contribution in [0.15, 0.2) is 46.0 Å². The van der Waals surface area contributed by atoms with Gasteiger partial charge in [-0.2, -0.15) is 0 Å². The molecule has 1 aliphatic heterocycles. The number of ether oxygens (including phenoxy) is 2. The van der Waals surface area contributed by atoms with Gasteiger partial charge in [0.15, 0.2) is 5.96 Å². The van der Waals surface area contributed by atoms with E-state index in [9.17, 15) is 0 Å². The Morgan fingerprint density at radius 2 is 1.88 bits per heavy atom. The van der Waals surface area contributed by atoms with E-state index < -0.39 is 0 Å². The van der Waals surface area contributed by atoms with Crippen molar-refractivity contribution in [2.24, 2.45) is 4.99 Å². The highest BCUT2D eigenvalue weighted by Gasteiger charge is 2.22. The van der Waals surface area contributed by atoms with Gasteiger partial charge in [-0.3, -0.25) is 9.89 Å². The van der Waals surface area contributed by atoms with E-state index in [2.05, 4.69) is 39.5 Å². The van der Waals surface area contributed by atoms with Gasteiger partial charge in [0.2, 0.25) is 0 Å². The number of benzene rings is 1. The number of likely N-dealkylation sites (N-methyl/N-ethyl adjacent to an activating group) is 1. The minimum atomic E-state index is 0.102. The first-order valence-electron chi connectivity index (χ1n) is 11.3. The number of nitrogens with one attached hydrogen (secondary N) is 2. The molecule has 8 heteroatoms. The predicted octanol–water partition coefficient (Wildman–Crippen LogP) is 3.12. The van der Waals surface area contributed by atoms with Crippen molar-refractivity contribution >= 4 is 11.6 Å². The first-order chi connectivity index (χ1) is 15.5. The third-order valence-electron chi connectivity index (χ3n) is 5.80. The summed E-state index contributed by atoms with van der Waals surface area (Å²) in [4.78, 5) is 9.37. The second-order valence-corrected chi connectivity index (χ2v) is 8.19. The summed E-state index contributed by atoms with van der Waals surface area (Å²) in [5, 5.41) is 7.01. The molecule has 1 aromatic heterocycles. The Labute approximate surface area is 191 Å². The maximum atomic E-state index is 5.61. The Kier molecular flexibility index (Phi) is 8.67. The van der Waals surface area contributed by atoms with E-state index in [0.29, 0.717) is 12.6 Å². The summed E-state index contributed by atoms with van der Waals surface area (Å²) in [5.41, 5.74) is 1.13. The van der Waals surface area contributed by atoms with Crippen LogP contribution in [0.25, 0.3) is 0 Å². The zero-order valence-electron chi connectivity index (χ0n) is 19.9. The van der Waals surface area contributed by atoms with Gasteiger partial charge < -0.3 is 29.4 Å². The molecule has 2 heterocycles. The van der Waals surface area contributed by atoms with Crippen LogP contribution >= 0.6 is 0 Å². The zero-order chi connectivity index (χ0) is 22.9. The van der Waals surface area contributed by atoms with E-state index in [4.69, 9.17) is 18.9 Å². The van der Waals surface area contributed by atoms with Gasteiger partial charge in [-0.25, -0.2) is 0 Å². The molecule has 8 nitrogen and oxygen atoms in total. The molecule has 0 spiro atoms. The average Bonchev–Trinajstić information content (AvgIpc) is 3.33. The summed E-state index contributed by atoms with van der Waals surface area (Å²) in [7, 11) is 7.46. The summed E-state index contributed by atoms with van der Waals surface area (Å²) in [5.74, 6) is 3.41. The molecule has 0 radical (unpaired) electrons. The van der Waals surface area contributed by atoms with Crippen LogP contribution in [0.3, 0.4) is 0 Å². The highest BCUT2D eigenvalue weighted by atomic mass is 16.5. The smallest absolute Gasteiger partial charge is 0.191 e. The molecular weight excluding hydrogens is 406 g/mol. The molecule has 1 atom stereocenters. The topological polar surface area (TPSA) is 74.5 Å². The number of guanidine groups is 1. The summed E-state index contributed by atoms with van der Waals surface area (Å²) in [6.45, 7) is 5.45. The minimum absolute atomic E-state index is 0.102. The second kappa shape index (κ2) is 11.7. The molecular formula is C24H37N5O3. The average molecular weight is 444 g/mol. The molecule has 2 N–H and O–H groups in total. The molecule has 32 heavy (non-hydrogen) atoms. The molecule has 1 fully saturated rings. The molecule has 1 saturated heterocycles. The van der Waals surface area contributed by atoms with E-state index >= 15 is 0 Å². The number of piperidine rings is 1. The van der Waals surface area contributed by atoms with Gasteiger partial charge in [-0.15, -0.1) is 0 Å². The SMILES string of the molecule is CCNC(=NCC(c1ccco1)N(C)C)NC1CCN(c2cc(OC)cc(OC)c2)CC1. The molecule has 3 rings (SSSR count). The van der Waals surface area contributed by atoms with Crippen LogP contribution in [-0.2, 0) is 0 Å². The second-order valence-electron chi connectivity index (χ2n) is 8.19. The third-order valence-corrected chi connectivity index (χ3v) is 5.80. The van der Waals surface area contributed by atoms with Gasteiger partial charge >= 0.3 is 0 Å². The van der Waals surface area contributed by atoms with Crippen LogP contribution in [-0.4, -0.2) is 71.4 Å². The van der Waals surface area contributed by atoms with Crippen LogP contribution in [0.4, 0.5) is 5.69 Å². The molecule has 1 aliphatic rings. The summed E-state index contributed by atoms with van der Waals surface area (Å²) < 4.78 is 16.5. The largest absolute Gasteiger partial charge is 0.497 e. The van der Waals surface area contributed by atoms with Gasteiger partial charge in [0.25, 0.3) is 0 Å². The number of anilines is 1. The number of hydrogen-bond donors (Lipinski definition) is 2. The highest BCUT2D eigenvalue weighted by Crippen LogP contribution is 2.30. The third kappa shape index (κ3) is 6.32. The first kappa shape index (κ1) is 23.8. The number of nitrogens with zero attached hydrogens (tertiary/aromatic N) is 3. The Bertz CT molecular complexity index is 823. The van der Waals surface area contributed by atoms with Gasteiger partial charge in [0, 0.05) is 49.6 Å². The van der Waals surface area contributed by atoms with Crippen molar-refractivity contribution < 1.29 is 13.9 Å². The number of methoxy groups -OCH3 is 2. The normalized spacial score (nSPS) is 16.2. The lowest BCUT2D eigenvalue weighted by molar-refractivity contribution is 0.264. The summed E-state index contributed by atoms with van der Waals surface area (Å²) in [6, 6.07) is 10.4. The number of hydrogen-bond acceptors (Lipinski definition) is 6. The molecule has 0 aliphatic carbocycles. The number of aliphatic imine (C=N–C) groups is 1. The maximum Gasteiger partial charge on any atom is 0.191 e. The molecule has 176 valence electrons. The molecule has 0 saturated carbocycles. The first-order valence-corrected chi connectivity index (χ1v) is 11.3. The Hall–Kier alpha value is -2.87. The standard InChI is InChI=1S/C24H37N5O3/c1-6-25-24(26-17-22(28(2)3)23-8-7-13-32-23)27-18-9-11-29(12-10-18)19-14-20(30-4)16-21(15-19)31-5/h7-8,13-16,18,22H,6,9-12,17H2,1-5H3,(H2,25,26,27). The van der Waals surface area contributed by atoms with Crippen molar-refractivity contribution in [2.45, 2.75) is 31.8 Å². The lowest BCUT2D eigenvalue weighted by Gasteiger charge is -2.35. The quantitative estimate of drug-likeness (QED) is 0.456. The molecule has 2 aromatic rings. The fraction of sp³-hybridized carbons (Fsp3) is 0.542. The Balaban J connectivity index is 1.60. The van der Waals surface area contributed by atoms with Crippen molar-refractivity contribution in [1.29, 1.82) is 0 Å². The van der Waals surface area contributed by atoms with Crippen molar-refractivity contribution in [3.05, 3.63) is 42.4 Å². The van der Waals surface area contributed by atoms with E-state index in [1.165, 1.54) is 0 Å². The van der Waals surface area contributed by atoms with Crippen LogP contribution in [0.1, 0.15) is 31.6 Å². The van der Waals surface area contributed by atoms with Crippen LogP contribution in [0.2, 0.25) is 0 Å². The highest BCUT2D eigenvalue weighted by molar-refractivity contribution is 5.80. The fourth-order valence-electron chi connectivity index (χ4n) is 3.94. The summed E-state index contributed by atoms with van der Waals surface area (Å²) in [6.07, 6.45) is 3.77. The maximum absolute atomic E-state index is 5.61. The molecule has 1 unspecified atom stereocenters. The van der Waals surface area contributed by atoms with Gasteiger partial charge in [-0.1, -0.05) is 0 Å². The van der Waals surface area contributed by atoms with Crippen molar-refractivity contribution in [1.82, 2.24) is 15.5 Å². The number of furan rings is 1. The molecule has 0 bridgehead atoms. The Morgan fingerprint density at radius 3 is 2.41 bits per heavy atom. The van der Waals surface area contributed by atoms with Crippen molar-refractivity contribution in [3.8, 4) is 11.5 Å². The zero-order valence-corrected chi connectivity index (χ0v) is 19.9. The minimum Gasteiger partial charge on any atom is -0.497 e. The Morgan fingerprint density at radius 1 is 1.19 bits per heavy atom. The lowest BCUT2D eigenvalue weighted by atomic mass is 10.0. The van der Waals surface area contributed by atoms with Gasteiger partial charge in [0.1, 0.15) is 17.3 Å². The molecule has 0 amide bonds. The van der Waals surface area contributed by atoms with Crippen LogP contribution < -0.4 is 25.0 Å². The number of rotatable bonds is 9. The van der Waals surface area contributed by atoms with Crippen LogP contribution in [0.5, 0.6) is 11.5 Å². The monoisotopic (exact) mass is 443 g/mol. The van der Waals surface area contributed by atoms with Crippen molar-refractivity contribution in [3.63, 3.8) is 0 Å². The van der Waals surface area contributed by atoms with E-state index in [1.807, 2.05) is 32.3 Å². The van der Waals surface area contributed by atoms with Gasteiger partial charge in [0.05, 0.1) is 33.1 Å². The summed E-state index contributed by atoms with van der Waals surface area (Å²) >= 11 is 0. The molecule has 1 aromatic carbocycles.